The molecule has 1 aromatic carbocycles. The third kappa shape index (κ3) is 4.93. The smallest absolute Gasteiger partial charge is 0.416 e. The molecule has 8 heteroatoms. The number of aliphatic carboxylic acids is 1. The molecule has 2 N–H and O–H groups in total. The maximum Gasteiger partial charge on any atom is 0.416 e. The predicted octanol–water partition coefficient (Wildman–Crippen LogP) is 3.87. The van der Waals surface area contributed by atoms with Gasteiger partial charge >= 0.3 is 12.1 Å². The number of rotatable bonds is 4. The van der Waals surface area contributed by atoms with Crippen molar-refractivity contribution in [3.63, 3.8) is 0 Å². The molecule has 25 heavy (non-hydrogen) atoms. The van der Waals surface area contributed by atoms with Crippen molar-refractivity contribution < 1.29 is 32.3 Å². The quantitative estimate of drug-likeness (QED) is 0.632. The van der Waals surface area contributed by atoms with E-state index in [-0.39, 0.29) is 5.56 Å². The average molecular weight is 361 g/mol. The van der Waals surface area contributed by atoms with E-state index >= 15 is 0 Å². The summed E-state index contributed by atoms with van der Waals surface area (Å²) in [6.07, 6.45) is -3.57. The summed E-state index contributed by atoms with van der Waals surface area (Å²) in [6, 6.07) is 2.56. The molecule has 0 saturated heterocycles. The fourth-order valence-electron chi connectivity index (χ4n) is 3.02. The Labute approximate surface area is 142 Å². The first-order chi connectivity index (χ1) is 11.7. The van der Waals surface area contributed by atoms with Gasteiger partial charge in [0.1, 0.15) is 0 Å². The van der Waals surface area contributed by atoms with Crippen LogP contribution in [0.15, 0.2) is 24.3 Å². The second-order valence-electron chi connectivity index (χ2n) is 6.18. The van der Waals surface area contributed by atoms with Crippen molar-refractivity contribution in [1.29, 1.82) is 0 Å². The Morgan fingerprint density at radius 1 is 1.08 bits per heavy atom. The molecular formula is C17H19F4NO3. The monoisotopic (exact) mass is 361 g/mol. The van der Waals surface area contributed by atoms with Crippen LogP contribution in [0.25, 0.3) is 0 Å². The first-order valence-electron chi connectivity index (χ1n) is 8.04. The highest BCUT2D eigenvalue weighted by Gasteiger charge is 2.33. The molecule has 1 aliphatic carbocycles. The first kappa shape index (κ1) is 19.2. The second kappa shape index (κ2) is 7.84. The lowest BCUT2D eigenvalue weighted by atomic mass is 9.94. The predicted molar refractivity (Wildman–Crippen MR) is 81.4 cm³/mol. The summed E-state index contributed by atoms with van der Waals surface area (Å²) < 4.78 is 51.9. The van der Waals surface area contributed by atoms with Gasteiger partial charge in [0.05, 0.1) is 11.5 Å². The van der Waals surface area contributed by atoms with E-state index in [0.29, 0.717) is 25.0 Å². The molecule has 3 atom stereocenters. The van der Waals surface area contributed by atoms with Gasteiger partial charge in [-0.25, -0.2) is 4.39 Å². The van der Waals surface area contributed by atoms with E-state index in [0.717, 1.165) is 31.4 Å². The summed E-state index contributed by atoms with van der Waals surface area (Å²) in [5.74, 6) is -2.86. The van der Waals surface area contributed by atoms with E-state index in [1.807, 2.05) is 0 Å². The molecule has 1 fully saturated rings. The number of carboxylic acids is 1. The lowest BCUT2D eigenvalue weighted by molar-refractivity contribution is -0.143. The molecule has 1 aliphatic rings. The van der Waals surface area contributed by atoms with Crippen molar-refractivity contribution in [3.05, 3.63) is 35.4 Å². The lowest BCUT2D eigenvalue weighted by Gasteiger charge is -2.23. The Hall–Kier alpha value is -2.12. The zero-order chi connectivity index (χ0) is 18.6. The summed E-state index contributed by atoms with van der Waals surface area (Å²) in [6.45, 7) is 0. The molecule has 1 amide bonds. The van der Waals surface area contributed by atoms with Gasteiger partial charge in [0, 0.05) is 6.04 Å². The summed E-state index contributed by atoms with van der Waals surface area (Å²) in [5.41, 5.74) is -1.13. The van der Waals surface area contributed by atoms with Crippen LogP contribution in [-0.4, -0.2) is 23.0 Å². The number of halogens is 4. The van der Waals surface area contributed by atoms with Gasteiger partial charge in [-0.1, -0.05) is 31.4 Å². The summed E-state index contributed by atoms with van der Waals surface area (Å²) in [5, 5.41) is 11.7. The third-order valence-electron chi connectivity index (χ3n) is 4.42. The molecule has 0 spiro atoms. The van der Waals surface area contributed by atoms with Gasteiger partial charge in [-0.3, -0.25) is 9.59 Å². The molecular weight excluding hydrogens is 342 g/mol. The van der Waals surface area contributed by atoms with Crippen molar-refractivity contribution in [3.8, 4) is 0 Å². The van der Waals surface area contributed by atoms with E-state index in [4.69, 9.17) is 0 Å². The number of amides is 1. The number of carbonyl (C=O) groups excluding carboxylic acids is 1. The van der Waals surface area contributed by atoms with Crippen LogP contribution < -0.4 is 5.32 Å². The summed E-state index contributed by atoms with van der Waals surface area (Å²) in [7, 11) is 0. The first-order valence-corrected chi connectivity index (χ1v) is 8.04. The largest absolute Gasteiger partial charge is 0.481 e. The van der Waals surface area contributed by atoms with Gasteiger partial charge in [-0.05, 0) is 30.5 Å². The molecule has 0 aromatic heterocycles. The molecule has 1 aromatic rings. The van der Waals surface area contributed by atoms with Crippen molar-refractivity contribution in [2.24, 2.45) is 5.92 Å². The van der Waals surface area contributed by atoms with Gasteiger partial charge in [0.2, 0.25) is 6.17 Å². The molecule has 1 unspecified atom stereocenters. The molecule has 0 aliphatic heterocycles. The van der Waals surface area contributed by atoms with Gasteiger partial charge in [-0.2, -0.15) is 13.2 Å². The fraction of sp³-hybridized carbons (Fsp3) is 0.529. The summed E-state index contributed by atoms with van der Waals surface area (Å²) >= 11 is 0. The van der Waals surface area contributed by atoms with Gasteiger partial charge in [0.15, 0.2) is 0 Å². The van der Waals surface area contributed by atoms with Crippen LogP contribution in [0.1, 0.15) is 49.4 Å². The summed E-state index contributed by atoms with van der Waals surface area (Å²) in [4.78, 5) is 23.4. The number of nitrogens with one attached hydrogen (secondary N) is 1. The van der Waals surface area contributed by atoms with Crippen molar-refractivity contribution in [2.45, 2.75) is 50.5 Å². The Bertz CT molecular complexity index is 615. The SMILES string of the molecule is O=C(N[C@H]1CCCCC[C@H]1C(=O)O)C(F)c1ccc(C(F)(F)F)cc1. The highest BCUT2D eigenvalue weighted by Crippen LogP contribution is 2.31. The normalized spacial score (nSPS) is 22.7. The number of hydrogen-bond acceptors (Lipinski definition) is 2. The zero-order valence-corrected chi connectivity index (χ0v) is 13.4. The van der Waals surface area contributed by atoms with E-state index in [1.165, 1.54) is 0 Å². The number of hydrogen-bond donors (Lipinski definition) is 2. The highest BCUT2D eigenvalue weighted by atomic mass is 19.4. The van der Waals surface area contributed by atoms with Crippen LogP contribution >= 0.6 is 0 Å². The average Bonchev–Trinajstić information content (AvgIpc) is 2.79. The Kier molecular flexibility index (Phi) is 6.02. The maximum absolute atomic E-state index is 14.3. The van der Waals surface area contributed by atoms with Gasteiger partial charge in [0.25, 0.3) is 5.91 Å². The molecule has 0 radical (unpaired) electrons. The van der Waals surface area contributed by atoms with E-state index in [9.17, 15) is 32.3 Å². The minimum atomic E-state index is -4.54. The van der Waals surface area contributed by atoms with Gasteiger partial charge in [-0.15, -0.1) is 0 Å². The third-order valence-corrected chi connectivity index (χ3v) is 4.42. The molecule has 0 bridgehead atoms. The molecule has 2 rings (SSSR count). The Morgan fingerprint density at radius 3 is 2.24 bits per heavy atom. The fourth-order valence-corrected chi connectivity index (χ4v) is 3.02. The van der Waals surface area contributed by atoms with E-state index < -0.39 is 41.7 Å². The Morgan fingerprint density at radius 2 is 1.68 bits per heavy atom. The number of carboxylic acid groups (broad SMARTS) is 1. The van der Waals surface area contributed by atoms with Crippen molar-refractivity contribution >= 4 is 11.9 Å². The zero-order valence-electron chi connectivity index (χ0n) is 13.4. The highest BCUT2D eigenvalue weighted by molar-refractivity contribution is 5.83. The second-order valence-corrected chi connectivity index (χ2v) is 6.18. The minimum absolute atomic E-state index is 0.203. The van der Waals surface area contributed by atoms with Crippen LogP contribution in [0.4, 0.5) is 17.6 Å². The van der Waals surface area contributed by atoms with E-state index in [1.54, 1.807) is 0 Å². The van der Waals surface area contributed by atoms with E-state index in [2.05, 4.69) is 5.32 Å². The molecule has 4 nitrogen and oxygen atoms in total. The standard InChI is InChI=1S/C17H19F4NO3/c18-14(10-6-8-11(9-7-10)17(19,20)21)15(23)22-13-5-3-1-2-4-12(13)16(24)25/h6-9,12-14H,1-5H2,(H,22,23)(H,24,25)/t12-,13+,14?/m1/s1. The molecule has 0 heterocycles. The van der Waals surface area contributed by atoms with Crippen LogP contribution in [0, 0.1) is 5.92 Å². The number of alkyl halides is 4. The molecule has 1 saturated carbocycles. The number of carbonyl (C=O) groups is 2. The van der Waals surface area contributed by atoms with Crippen molar-refractivity contribution in [1.82, 2.24) is 5.32 Å². The number of benzene rings is 1. The van der Waals surface area contributed by atoms with Crippen LogP contribution in [-0.2, 0) is 15.8 Å². The Balaban J connectivity index is 2.07. The maximum atomic E-state index is 14.3. The van der Waals surface area contributed by atoms with Crippen LogP contribution in [0.2, 0.25) is 0 Å². The van der Waals surface area contributed by atoms with Gasteiger partial charge < -0.3 is 10.4 Å². The topological polar surface area (TPSA) is 66.4 Å². The van der Waals surface area contributed by atoms with Crippen LogP contribution in [0.3, 0.4) is 0 Å². The van der Waals surface area contributed by atoms with Crippen LogP contribution in [0.5, 0.6) is 0 Å². The minimum Gasteiger partial charge on any atom is -0.481 e. The van der Waals surface area contributed by atoms with Crippen molar-refractivity contribution in [2.75, 3.05) is 0 Å². The lowest BCUT2D eigenvalue weighted by Crippen LogP contribution is -2.44. The molecule has 138 valence electrons.